The third-order valence-corrected chi connectivity index (χ3v) is 4.49. The SMILES string of the molecule is COc1ccc(S(=O)(=O)c2ccccc2N=[N+]=[N-])cc1. The second-order valence-electron chi connectivity index (χ2n) is 3.84. The molecule has 2 rings (SSSR count). The van der Waals surface area contributed by atoms with Gasteiger partial charge in [-0.2, -0.15) is 0 Å². The van der Waals surface area contributed by atoms with Crippen LogP contribution >= 0.6 is 0 Å². The molecule has 7 heteroatoms. The Morgan fingerprint density at radius 2 is 1.75 bits per heavy atom. The van der Waals surface area contributed by atoms with Crippen molar-refractivity contribution in [2.75, 3.05) is 7.11 Å². The van der Waals surface area contributed by atoms with E-state index in [4.69, 9.17) is 10.3 Å². The first kappa shape index (κ1) is 13.9. The van der Waals surface area contributed by atoms with Gasteiger partial charge >= 0.3 is 0 Å². The lowest BCUT2D eigenvalue weighted by molar-refractivity contribution is 0.414. The molecule has 0 N–H and O–H groups in total. The summed E-state index contributed by atoms with van der Waals surface area (Å²) in [6, 6.07) is 12.1. The molecule has 2 aromatic rings. The molecule has 2 aromatic carbocycles. The maximum Gasteiger partial charge on any atom is 0.207 e. The lowest BCUT2D eigenvalue weighted by Gasteiger charge is -2.07. The summed E-state index contributed by atoms with van der Waals surface area (Å²) in [5, 5.41) is 3.41. The van der Waals surface area contributed by atoms with Gasteiger partial charge in [0.25, 0.3) is 0 Å². The Labute approximate surface area is 116 Å². The van der Waals surface area contributed by atoms with E-state index in [-0.39, 0.29) is 15.5 Å². The van der Waals surface area contributed by atoms with Crippen molar-refractivity contribution >= 4 is 15.5 Å². The summed E-state index contributed by atoms with van der Waals surface area (Å²) in [4.78, 5) is 2.73. The first-order valence-corrected chi connectivity index (χ1v) is 7.11. The summed E-state index contributed by atoms with van der Waals surface area (Å²) in [6.07, 6.45) is 0. The molecule has 0 saturated heterocycles. The molecule has 0 spiro atoms. The molecule has 0 radical (unpaired) electrons. The van der Waals surface area contributed by atoms with Crippen LogP contribution in [0.15, 0.2) is 63.4 Å². The molecule has 0 aliphatic rings. The fourth-order valence-electron chi connectivity index (χ4n) is 1.70. The van der Waals surface area contributed by atoms with E-state index in [1.165, 1.54) is 31.4 Å². The fourth-order valence-corrected chi connectivity index (χ4v) is 3.09. The zero-order valence-corrected chi connectivity index (χ0v) is 11.4. The molecule has 102 valence electrons. The van der Waals surface area contributed by atoms with Crippen molar-refractivity contribution in [2.24, 2.45) is 5.11 Å². The summed E-state index contributed by atoms with van der Waals surface area (Å²) in [6.45, 7) is 0. The van der Waals surface area contributed by atoms with Crippen LogP contribution in [0.1, 0.15) is 0 Å². The largest absolute Gasteiger partial charge is 0.497 e. The van der Waals surface area contributed by atoms with Gasteiger partial charge < -0.3 is 4.74 Å². The summed E-state index contributed by atoms with van der Waals surface area (Å²) < 4.78 is 30.0. The Kier molecular flexibility index (Phi) is 3.93. The molecule has 0 aliphatic heterocycles. The van der Waals surface area contributed by atoms with Gasteiger partial charge in [-0.25, -0.2) is 8.42 Å². The Morgan fingerprint density at radius 1 is 1.10 bits per heavy atom. The van der Waals surface area contributed by atoms with Gasteiger partial charge in [-0.3, -0.25) is 0 Å². The minimum atomic E-state index is -3.74. The van der Waals surface area contributed by atoms with Gasteiger partial charge in [0.1, 0.15) is 5.75 Å². The highest BCUT2D eigenvalue weighted by Gasteiger charge is 2.20. The highest BCUT2D eigenvalue weighted by Crippen LogP contribution is 2.30. The minimum Gasteiger partial charge on any atom is -0.497 e. The van der Waals surface area contributed by atoms with Crippen molar-refractivity contribution in [2.45, 2.75) is 9.79 Å². The Bertz CT molecular complexity index is 764. The average Bonchev–Trinajstić information content (AvgIpc) is 2.48. The summed E-state index contributed by atoms with van der Waals surface area (Å²) in [5.74, 6) is 0.562. The molecule has 0 saturated carbocycles. The average molecular weight is 289 g/mol. The predicted molar refractivity (Wildman–Crippen MR) is 73.7 cm³/mol. The zero-order valence-electron chi connectivity index (χ0n) is 10.6. The van der Waals surface area contributed by atoms with Crippen LogP contribution in [-0.4, -0.2) is 15.5 Å². The molecule has 0 aromatic heterocycles. The molecule has 0 aliphatic carbocycles. The van der Waals surface area contributed by atoms with Crippen LogP contribution in [0.2, 0.25) is 0 Å². The highest BCUT2D eigenvalue weighted by atomic mass is 32.2. The lowest BCUT2D eigenvalue weighted by atomic mass is 10.3. The van der Waals surface area contributed by atoms with Gasteiger partial charge in [-0.15, -0.1) is 0 Å². The Hall–Kier alpha value is -2.50. The standard InChI is InChI=1S/C13H11N3O3S/c1-19-10-6-8-11(9-7-10)20(17,18)13-5-3-2-4-12(13)15-16-14/h2-9H,1H3. The monoisotopic (exact) mass is 289 g/mol. The number of benzene rings is 2. The summed E-state index contributed by atoms with van der Waals surface area (Å²) >= 11 is 0. The van der Waals surface area contributed by atoms with Crippen molar-refractivity contribution in [1.29, 1.82) is 0 Å². The minimum absolute atomic E-state index is 0.0250. The number of hydrogen-bond acceptors (Lipinski definition) is 4. The number of nitrogens with zero attached hydrogens (tertiary/aromatic N) is 3. The van der Waals surface area contributed by atoms with Crippen LogP contribution in [0.3, 0.4) is 0 Å². The van der Waals surface area contributed by atoms with E-state index < -0.39 is 9.84 Å². The number of methoxy groups -OCH3 is 1. The van der Waals surface area contributed by atoms with Crippen LogP contribution in [0.25, 0.3) is 10.4 Å². The predicted octanol–water partition coefficient (Wildman–Crippen LogP) is 3.47. The van der Waals surface area contributed by atoms with E-state index in [0.29, 0.717) is 5.75 Å². The fraction of sp³-hybridized carbons (Fsp3) is 0.0769. The van der Waals surface area contributed by atoms with Crippen LogP contribution < -0.4 is 4.74 Å². The zero-order chi connectivity index (χ0) is 14.6. The molecule has 0 atom stereocenters. The van der Waals surface area contributed by atoms with Crippen LogP contribution in [-0.2, 0) is 9.84 Å². The van der Waals surface area contributed by atoms with Crippen molar-refractivity contribution in [3.05, 3.63) is 59.0 Å². The van der Waals surface area contributed by atoms with Gasteiger partial charge in [-0.05, 0) is 35.9 Å². The van der Waals surface area contributed by atoms with E-state index in [0.717, 1.165) is 0 Å². The van der Waals surface area contributed by atoms with Crippen LogP contribution in [0, 0.1) is 0 Å². The van der Waals surface area contributed by atoms with Crippen molar-refractivity contribution in [1.82, 2.24) is 0 Å². The Morgan fingerprint density at radius 3 is 2.35 bits per heavy atom. The van der Waals surface area contributed by atoms with Gasteiger partial charge in [0.05, 0.1) is 22.6 Å². The molecular formula is C13H11N3O3S. The van der Waals surface area contributed by atoms with Crippen molar-refractivity contribution < 1.29 is 13.2 Å². The van der Waals surface area contributed by atoms with E-state index in [1.54, 1.807) is 24.3 Å². The molecular weight excluding hydrogens is 278 g/mol. The van der Waals surface area contributed by atoms with Crippen LogP contribution in [0.4, 0.5) is 5.69 Å². The molecule has 0 unspecified atom stereocenters. The highest BCUT2D eigenvalue weighted by molar-refractivity contribution is 7.91. The third-order valence-electron chi connectivity index (χ3n) is 2.68. The number of rotatable bonds is 4. The molecule has 6 nitrogen and oxygen atoms in total. The maximum atomic E-state index is 12.5. The third kappa shape index (κ3) is 2.59. The first-order chi connectivity index (χ1) is 9.59. The van der Waals surface area contributed by atoms with Gasteiger partial charge in [-0.1, -0.05) is 23.3 Å². The van der Waals surface area contributed by atoms with E-state index >= 15 is 0 Å². The lowest BCUT2D eigenvalue weighted by Crippen LogP contribution is -2.02. The summed E-state index contributed by atoms with van der Waals surface area (Å²) in [5.41, 5.74) is 8.57. The molecule has 20 heavy (non-hydrogen) atoms. The number of ether oxygens (including phenoxy) is 1. The second kappa shape index (κ2) is 5.64. The topological polar surface area (TPSA) is 92.1 Å². The number of azide groups is 1. The van der Waals surface area contributed by atoms with Crippen molar-refractivity contribution in [3.8, 4) is 5.75 Å². The molecule has 0 heterocycles. The summed E-state index contributed by atoms with van der Waals surface area (Å²) in [7, 11) is -2.24. The smallest absolute Gasteiger partial charge is 0.207 e. The van der Waals surface area contributed by atoms with Crippen LogP contribution in [0.5, 0.6) is 5.75 Å². The normalized spacial score (nSPS) is 10.7. The van der Waals surface area contributed by atoms with Gasteiger partial charge in [0.15, 0.2) is 0 Å². The Balaban J connectivity index is 2.57. The van der Waals surface area contributed by atoms with Gasteiger partial charge in [0.2, 0.25) is 9.84 Å². The molecule has 0 fully saturated rings. The van der Waals surface area contributed by atoms with Crippen molar-refractivity contribution in [3.63, 3.8) is 0 Å². The van der Waals surface area contributed by atoms with E-state index in [1.807, 2.05) is 0 Å². The van der Waals surface area contributed by atoms with Gasteiger partial charge in [0, 0.05) is 4.91 Å². The second-order valence-corrected chi connectivity index (χ2v) is 5.75. The first-order valence-electron chi connectivity index (χ1n) is 5.63. The van der Waals surface area contributed by atoms with E-state index in [2.05, 4.69) is 10.0 Å². The maximum absolute atomic E-state index is 12.5. The number of sulfone groups is 1. The van der Waals surface area contributed by atoms with E-state index in [9.17, 15) is 8.42 Å². The number of hydrogen-bond donors (Lipinski definition) is 0. The molecule has 0 amide bonds. The quantitative estimate of drug-likeness (QED) is 0.490. The molecule has 0 bridgehead atoms.